The van der Waals surface area contributed by atoms with Crippen molar-refractivity contribution in [3.05, 3.63) is 174 Å². The number of rotatable bonds is 6. The highest BCUT2D eigenvalue weighted by Crippen LogP contribution is 2.40. The summed E-state index contributed by atoms with van der Waals surface area (Å²) in [5, 5.41) is 2.32. The molecule has 0 aliphatic carbocycles. The number of hydrogen-bond donors (Lipinski definition) is 0. The van der Waals surface area contributed by atoms with Crippen LogP contribution in [0.1, 0.15) is 105 Å². The van der Waals surface area contributed by atoms with E-state index in [2.05, 4.69) is 237 Å². The maximum atomic E-state index is 6.78. The number of ether oxygens (including phenoxy) is 1. The summed E-state index contributed by atoms with van der Waals surface area (Å²) >= 11 is 0. The lowest BCUT2D eigenvalue weighted by Gasteiger charge is -2.27. The molecule has 0 atom stereocenters. The topological polar surface area (TPSA) is 35.9 Å². The van der Waals surface area contributed by atoms with Gasteiger partial charge >= 0.3 is 0 Å². The standard InChI is InChI=1S/C58H61N4O/c1-55(2,3)39-24-26-46(49(34-39)58(10,11)12)38-28-29-59-54(30-38)62-50-21-14-13-20-47(50)48-27-25-45(36-53(48)62)63-44-19-17-18-42(35-44)60-37-61(52-23-16-15-22-51(52)60)43-32-40(56(4,5)6)31-41(33-43)57(7,8)9/h13-37H,1-12H3/q+1. The van der Waals surface area contributed by atoms with E-state index in [1.165, 1.54) is 33.2 Å². The minimum atomic E-state index is -0.0415. The maximum absolute atomic E-state index is 6.78. The summed E-state index contributed by atoms with van der Waals surface area (Å²) in [5.41, 5.74) is 14.3. The Morgan fingerprint density at radius 3 is 1.84 bits per heavy atom. The van der Waals surface area contributed by atoms with Gasteiger partial charge in [-0.2, -0.15) is 9.13 Å². The summed E-state index contributed by atoms with van der Waals surface area (Å²) in [6.45, 7) is 27.5. The van der Waals surface area contributed by atoms with Crippen molar-refractivity contribution < 1.29 is 9.30 Å². The Hall–Kier alpha value is -6.46. The normalized spacial score (nSPS) is 12.8. The van der Waals surface area contributed by atoms with Crippen molar-refractivity contribution in [2.45, 2.75) is 105 Å². The van der Waals surface area contributed by atoms with E-state index >= 15 is 0 Å². The SMILES string of the molecule is CC(C)(C)c1cc(-[n+]2cn(-c3cccc(Oc4ccc5c6ccccc6n(-c6cc(-c7ccc(C(C)(C)C)cc7C(C)(C)C)ccn6)c5c4)c3)c3ccccc32)cc(C(C)(C)C)c1. The molecule has 0 fully saturated rings. The molecule has 63 heavy (non-hydrogen) atoms. The second kappa shape index (κ2) is 15.1. The van der Waals surface area contributed by atoms with Crippen molar-refractivity contribution in [1.82, 2.24) is 14.1 Å². The second-order valence-electron chi connectivity index (χ2n) is 21.4. The molecule has 0 spiro atoms. The van der Waals surface area contributed by atoms with Crippen molar-refractivity contribution >= 4 is 32.8 Å². The fourth-order valence-electron chi connectivity index (χ4n) is 8.82. The van der Waals surface area contributed by atoms with Crippen molar-refractivity contribution in [2.75, 3.05) is 0 Å². The largest absolute Gasteiger partial charge is 0.457 e. The number of aromatic nitrogens is 4. The summed E-state index contributed by atoms with van der Waals surface area (Å²) in [7, 11) is 0. The number of benzene rings is 6. The van der Waals surface area contributed by atoms with Crippen LogP contribution in [-0.4, -0.2) is 14.1 Å². The molecule has 0 aliphatic heterocycles. The van der Waals surface area contributed by atoms with Gasteiger partial charge in [0.05, 0.1) is 11.0 Å². The van der Waals surface area contributed by atoms with Crippen LogP contribution in [0.15, 0.2) is 152 Å². The summed E-state index contributed by atoms with van der Waals surface area (Å²) in [6, 6.07) is 50.5. The smallest absolute Gasteiger partial charge is 0.255 e. The average molecular weight is 830 g/mol. The van der Waals surface area contributed by atoms with Gasteiger partial charge < -0.3 is 4.74 Å². The van der Waals surface area contributed by atoms with Crippen molar-refractivity contribution in [3.63, 3.8) is 0 Å². The lowest BCUT2D eigenvalue weighted by atomic mass is 9.77. The van der Waals surface area contributed by atoms with E-state index in [0.717, 1.165) is 61.7 Å². The summed E-state index contributed by atoms with van der Waals surface area (Å²) in [4.78, 5) is 5.01. The first-order valence-corrected chi connectivity index (χ1v) is 22.4. The van der Waals surface area contributed by atoms with Crippen LogP contribution in [0, 0.1) is 0 Å². The first kappa shape index (κ1) is 41.9. The van der Waals surface area contributed by atoms with Crippen LogP contribution in [0.3, 0.4) is 0 Å². The van der Waals surface area contributed by atoms with E-state index in [4.69, 9.17) is 9.72 Å². The molecule has 9 rings (SSSR count). The van der Waals surface area contributed by atoms with Gasteiger partial charge in [0.15, 0.2) is 11.0 Å². The molecular weight excluding hydrogens is 769 g/mol. The summed E-state index contributed by atoms with van der Waals surface area (Å²) in [6.07, 6.45) is 4.16. The van der Waals surface area contributed by atoms with Crippen LogP contribution in [0.25, 0.3) is 61.2 Å². The molecular formula is C58H61N4O+. The summed E-state index contributed by atoms with van der Waals surface area (Å²) in [5.74, 6) is 2.39. The number of fused-ring (bicyclic) bond motifs is 4. The molecule has 9 aromatic rings. The van der Waals surface area contributed by atoms with Gasteiger partial charge in [-0.05, 0) is 122 Å². The Kier molecular flexibility index (Phi) is 10.0. The predicted molar refractivity (Wildman–Crippen MR) is 264 cm³/mol. The fraction of sp³-hybridized carbons (Fsp3) is 0.276. The molecule has 0 saturated heterocycles. The third kappa shape index (κ3) is 7.95. The van der Waals surface area contributed by atoms with Crippen LogP contribution in [0.4, 0.5) is 0 Å². The molecule has 3 heterocycles. The first-order chi connectivity index (χ1) is 29.7. The summed E-state index contributed by atoms with van der Waals surface area (Å²) < 4.78 is 13.7. The zero-order valence-corrected chi connectivity index (χ0v) is 39.1. The monoisotopic (exact) mass is 829 g/mol. The van der Waals surface area contributed by atoms with E-state index in [1.54, 1.807) is 0 Å². The zero-order valence-electron chi connectivity index (χ0n) is 39.1. The molecule has 0 aliphatic rings. The quantitative estimate of drug-likeness (QED) is 0.157. The van der Waals surface area contributed by atoms with Gasteiger partial charge in [0.25, 0.3) is 6.33 Å². The third-order valence-electron chi connectivity index (χ3n) is 12.5. The van der Waals surface area contributed by atoms with Crippen LogP contribution in [0.2, 0.25) is 0 Å². The van der Waals surface area contributed by atoms with Gasteiger partial charge in [0, 0.05) is 29.1 Å². The Labute approximate surface area is 373 Å². The third-order valence-corrected chi connectivity index (χ3v) is 12.5. The van der Waals surface area contributed by atoms with E-state index in [0.29, 0.717) is 0 Å². The van der Waals surface area contributed by atoms with E-state index in [1.807, 2.05) is 12.3 Å². The molecule has 0 saturated carbocycles. The van der Waals surface area contributed by atoms with Crippen molar-refractivity contribution in [3.8, 4) is 39.8 Å². The van der Waals surface area contributed by atoms with Crippen LogP contribution in [-0.2, 0) is 21.7 Å². The Morgan fingerprint density at radius 2 is 1.14 bits per heavy atom. The number of pyridine rings is 1. The van der Waals surface area contributed by atoms with Crippen molar-refractivity contribution in [1.29, 1.82) is 0 Å². The molecule has 5 heteroatoms. The Balaban J connectivity index is 1.11. The molecule has 3 aromatic heterocycles. The fourth-order valence-corrected chi connectivity index (χ4v) is 8.82. The number of para-hydroxylation sites is 3. The molecule has 0 radical (unpaired) electrons. The average Bonchev–Trinajstić information content (AvgIpc) is 3.78. The number of nitrogens with zero attached hydrogens (tertiary/aromatic N) is 4. The zero-order chi connectivity index (χ0) is 44.6. The molecule has 0 amide bonds. The molecule has 6 aromatic carbocycles. The van der Waals surface area contributed by atoms with E-state index in [9.17, 15) is 0 Å². The number of imidazole rings is 1. The van der Waals surface area contributed by atoms with Gasteiger partial charge in [-0.25, -0.2) is 4.98 Å². The van der Waals surface area contributed by atoms with Gasteiger partial charge in [-0.3, -0.25) is 4.57 Å². The van der Waals surface area contributed by atoms with Crippen LogP contribution < -0.4 is 9.30 Å². The Bertz CT molecular complexity index is 3160. The maximum Gasteiger partial charge on any atom is 0.255 e. The van der Waals surface area contributed by atoms with Gasteiger partial charge in [-0.1, -0.05) is 144 Å². The molecule has 5 nitrogen and oxygen atoms in total. The minimum Gasteiger partial charge on any atom is -0.457 e. The highest BCUT2D eigenvalue weighted by atomic mass is 16.5. The number of hydrogen-bond acceptors (Lipinski definition) is 2. The van der Waals surface area contributed by atoms with Crippen LogP contribution in [0.5, 0.6) is 11.5 Å². The first-order valence-electron chi connectivity index (χ1n) is 22.4. The highest BCUT2D eigenvalue weighted by molar-refractivity contribution is 6.09. The van der Waals surface area contributed by atoms with Crippen molar-refractivity contribution in [2.24, 2.45) is 0 Å². The van der Waals surface area contributed by atoms with Crippen LogP contribution >= 0.6 is 0 Å². The van der Waals surface area contributed by atoms with Gasteiger partial charge in [0.2, 0.25) is 0 Å². The van der Waals surface area contributed by atoms with E-state index < -0.39 is 0 Å². The second-order valence-corrected chi connectivity index (χ2v) is 21.4. The highest BCUT2D eigenvalue weighted by Gasteiger charge is 2.27. The minimum absolute atomic E-state index is 0.00755. The van der Waals surface area contributed by atoms with Gasteiger partial charge in [-0.15, -0.1) is 0 Å². The molecule has 0 bridgehead atoms. The lowest BCUT2D eigenvalue weighted by Crippen LogP contribution is -2.31. The van der Waals surface area contributed by atoms with E-state index in [-0.39, 0.29) is 21.7 Å². The Morgan fingerprint density at radius 1 is 0.492 bits per heavy atom. The predicted octanol–water partition coefficient (Wildman–Crippen LogP) is 15.0. The molecule has 0 unspecified atom stereocenters. The molecule has 318 valence electrons. The molecule has 0 N–H and O–H groups in total. The lowest BCUT2D eigenvalue weighted by molar-refractivity contribution is -0.567. The van der Waals surface area contributed by atoms with Gasteiger partial charge in [0.1, 0.15) is 28.7 Å².